The highest BCUT2D eigenvalue weighted by Gasteiger charge is 2.39. The first-order valence-electron chi connectivity index (χ1n) is 18.2. The largest absolute Gasteiger partial charge is 0.461 e. The van der Waals surface area contributed by atoms with Gasteiger partial charge in [0.05, 0.1) is 23.1 Å². The van der Waals surface area contributed by atoms with Gasteiger partial charge in [0.2, 0.25) is 6.41 Å². The van der Waals surface area contributed by atoms with E-state index in [4.69, 9.17) is 24.4 Å². The maximum atomic E-state index is 17.3. The molecule has 51 heavy (non-hydrogen) atoms. The van der Waals surface area contributed by atoms with Crippen molar-refractivity contribution in [2.45, 2.75) is 82.4 Å². The number of amides is 1. The Morgan fingerprint density at radius 1 is 1.18 bits per heavy atom. The van der Waals surface area contributed by atoms with E-state index in [1.807, 2.05) is 31.2 Å². The van der Waals surface area contributed by atoms with Crippen LogP contribution in [0.5, 0.6) is 6.01 Å². The van der Waals surface area contributed by atoms with Gasteiger partial charge in [-0.15, -0.1) is 0 Å². The Morgan fingerprint density at radius 2 is 2.00 bits per heavy atom. The Kier molecular flexibility index (Phi) is 11.4. The average molecular weight is 703 g/mol. The summed E-state index contributed by atoms with van der Waals surface area (Å²) in [7, 11) is 3.79. The number of hydrogen-bond donors (Lipinski definition) is 3. The molecule has 2 aromatic carbocycles. The van der Waals surface area contributed by atoms with Crippen LogP contribution < -0.4 is 15.0 Å². The molecule has 2 aromatic heterocycles. The summed E-state index contributed by atoms with van der Waals surface area (Å²) in [4.78, 5) is 30.3. The summed E-state index contributed by atoms with van der Waals surface area (Å²) in [6.07, 6.45) is 8.29. The quantitative estimate of drug-likeness (QED) is 0.110. The molecule has 2 aliphatic rings. The Labute approximate surface area is 299 Å². The lowest BCUT2D eigenvalue weighted by atomic mass is 9.90. The zero-order valence-corrected chi connectivity index (χ0v) is 30.3. The van der Waals surface area contributed by atoms with Crippen molar-refractivity contribution in [1.82, 2.24) is 25.2 Å². The fourth-order valence-electron chi connectivity index (χ4n) is 8.13. The number of hydrogen-bond acceptors (Lipinski definition) is 10. The predicted molar refractivity (Wildman–Crippen MR) is 197 cm³/mol. The lowest BCUT2D eigenvalue weighted by Gasteiger charge is -2.41. The Balaban J connectivity index is 1.53. The molecule has 11 nitrogen and oxygen atoms in total. The summed E-state index contributed by atoms with van der Waals surface area (Å²) in [5.74, 6) is -0.123. The van der Waals surface area contributed by atoms with Crippen LogP contribution in [0.4, 0.5) is 10.2 Å². The number of halogens is 1. The van der Waals surface area contributed by atoms with Crippen molar-refractivity contribution in [3.63, 3.8) is 0 Å². The van der Waals surface area contributed by atoms with Crippen LogP contribution in [-0.2, 0) is 16.0 Å². The average Bonchev–Trinajstić information content (AvgIpc) is 3.49. The summed E-state index contributed by atoms with van der Waals surface area (Å²) < 4.78 is 29.1. The minimum Gasteiger partial charge on any atom is -0.461 e. The van der Waals surface area contributed by atoms with E-state index in [0.29, 0.717) is 55.1 Å². The number of aliphatic hydroxyl groups excluding tert-OH is 2. The Hall–Kier alpha value is -3.97. The number of pyridine rings is 1. The van der Waals surface area contributed by atoms with Gasteiger partial charge >= 0.3 is 6.01 Å². The fourth-order valence-corrected chi connectivity index (χ4v) is 8.13. The summed E-state index contributed by atoms with van der Waals surface area (Å²) in [5.41, 5.74) is 1.47. The molecule has 4 heterocycles. The molecular formula is C39H51FN6O5. The second-order valence-electron chi connectivity index (χ2n) is 14.5. The number of anilines is 1. The number of piperidine rings is 1. The van der Waals surface area contributed by atoms with Gasteiger partial charge in [-0.1, -0.05) is 31.5 Å². The number of carbonyl (C=O) groups excluding carboxylic acids is 1. The van der Waals surface area contributed by atoms with E-state index in [0.717, 1.165) is 74.2 Å². The Morgan fingerprint density at radius 3 is 2.73 bits per heavy atom. The fraction of sp³-hybridized carbons (Fsp3) is 0.538. The van der Waals surface area contributed by atoms with Crippen molar-refractivity contribution in [3.05, 3.63) is 53.5 Å². The van der Waals surface area contributed by atoms with Crippen LogP contribution in [0.2, 0.25) is 0 Å². The maximum absolute atomic E-state index is 17.3. The first-order valence-corrected chi connectivity index (χ1v) is 18.2. The van der Waals surface area contributed by atoms with Crippen molar-refractivity contribution in [2.75, 3.05) is 58.5 Å². The van der Waals surface area contributed by atoms with Gasteiger partial charge in [-0.05, 0) is 99.5 Å². The number of carbonyl (C=O) groups is 1. The van der Waals surface area contributed by atoms with Crippen molar-refractivity contribution in [1.29, 1.82) is 0 Å². The van der Waals surface area contributed by atoms with E-state index in [1.165, 1.54) is 0 Å². The molecule has 0 aliphatic carbocycles. The van der Waals surface area contributed by atoms with Gasteiger partial charge in [-0.3, -0.25) is 14.7 Å². The molecule has 3 N–H and O–H groups in total. The standard InChI is InChI=1S/C39H51FN6O5/c1-5-13-39(15-9-16-45(39)3)24-51-37-43-35-30(36(44-37)46-17-8-14-38(2,23-46)42-25-48)21-41-34(33(35)40)29-20-28(31(49)22-47)19-27-11-6-10-26(32(27)29)12-7-18-50-4/h6,10-11,19-21,25,31,47,49H,5,7-9,12-18,22-24H2,1-4H3,(H,42,48). The van der Waals surface area contributed by atoms with Crippen LogP contribution in [0.1, 0.15) is 76.0 Å². The van der Waals surface area contributed by atoms with E-state index in [9.17, 15) is 15.0 Å². The number of nitrogens with one attached hydrogen (secondary N) is 1. The third kappa shape index (κ3) is 7.51. The highest BCUT2D eigenvalue weighted by Crippen LogP contribution is 2.40. The first-order chi connectivity index (χ1) is 24.7. The summed E-state index contributed by atoms with van der Waals surface area (Å²) in [6, 6.07) is 9.51. The zero-order chi connectivity index (χ0) is 36.2. The maximum Gasteiger partial charge on any atom is 0.319 e. The second kappa shape index (κ2) is 15.7. The van der Waals surface area contributed by atoms with Gasteiger partial charge in [0.15, 0.2) is 5.82 Å². The molecule has 3 unspecified atom stereocenters. The van der Waals surface area contributed by atoms with E-state index in [2.05, 4.69) is 29.1 Å². The second-order valence-corrected chi connectivity index (χ2v) is 14.5. The normalized spacial score (nSPS) is 21.7. The van der Waals surface area contributed by atoms with E-state index in [-0.39, 0.29) is 22.8 Å². The zero-order valence-electron chi connectivity index (χ0n) is 30.3. The minimum absolute atomic E-state index is 0.0815. The predicted octanol–water partition coefficient (Wildman–Crippen LogP) is 5.34. The van der Waals surface area contributed by atoms with E-state index >= 15 is 4.39 Å². The van der Waals surface area contributed by atoms with Crippen LogP contribution >= 0.6 is 0 Å². The molecule has 2 fully saturated rings. The molecule has 0 saturated carbocycles. The van der Waals surface area contributed by atoms with Gasteiger partial charge in [-0.2, -0.15) is 9.97 Å². The van der Waals surface area contributed by atoms with Gasteiger partial charge < -0.3 is 29.9 Å². The van der Waals surface area contributed by atoms with Crippen LogP contribution in [-0.4, -0.2) is 101 Å². The molecule has 6 rings (SSSR count). The summed E-state index contributed by atoms with van der Waals surface area (Å²) in [6.45, 7) is 6.76. The minimum atomic E-state index is -1.15. The lowest BCUT2D eigenvalue weighted by molar-refractivity contribution is -0.111. The number of aliphatic hydroxyl groups is 2. The lowest BCUT2D eigenvalue weighted by Crippen LogP contribution is -2.55. The molecule has 12 heteroatoms. The van der Waals surface area contributed by atoms with Crippen molar-refractivity contribution in [3.8, 4) is 17.3 Å². The van der Waals surface area contributed by atoms with Crippen molar-refractivity contribution in [2.24, 2.45) is 0 Å². The van der Waals surface area contributed by atoms with Gasteiger partial charge in [0.1, 0.15) is 29.7 Å². The molecule has 0 bridgehead atoms. The number of fused-ring (bicyclic) bond motifs is 2. The molecule has 1 amide bonds. The number of methoxy groups -OCH3 is 1. The van der Waals surface area contributed by atoms with Crippen molar-refractivity contribution >= 4 is 33.9 Å². The number of ether oxygens (including phenoxy) is 2. The SMILES string of the molecule is CCCC1(COc2nc(N3CCCC(C)(NC=O)C3)c3cnc(-c4cc(C(O)CO)cc5cccc(CCCOC)c45)c(F)c3n2)CCCN1C. The van der Waals surface area contributed by atoms with Crippen LogP contribution in [0.25, 0.3) is 32.9 Å². The van der Waals surface area contributed by atoms with E-state index < -0.39 is 24.1 Å². The molecule has 3 atom stereocenters. The highest BCUT2D eigenvalue weighted by molar-refractivity contribution is 6.01. The van der Waals surface area contributed by atoms with Gasteiger partial charge in [0.25, 0.3) is 0 Å². The van der Waals surface area contributed by atoms with Gasteiger partial charge in [0, 0.05) is 38.6 Å². The first kappa shape index (κ1) is 36.8. The van der Waals surface area contributed by atoms with Gasteiger partial charge in [-0.25, -0.2) is 4.39 Å². The molecule has 2 saturated heterocycles. The monoisotopic (exact) mass is 702 g/mol. The van der Waals surface area contributed by atoms with Crippen LogP contribution in [0.15, 0.2) is 36.5 Å². The molecule has 2 aliphatic heterocycles. The highest BCUT2D eigenvalue weighted by atomic mass is 19.1. The molecular weight excluding hydrogens is 651 g/mol. The summed E-state index contributed by atoms with van der Waals surface area (Å²) in [5, 5.41) is 25.6. The summed E-state index contributed by atoms with van der Waals surface area (Å²) >= 11 is 0. The number of aryl methyl sites for hydroxylation is 1. The van der Waals surface area contributed by atoms with E-state index in [1.54, 1.807) is 19.4 Å². The molecule has 4 aromatic rings. The van der Waals surface area contributed by atoms with Crippen LogP contribution in [0, 0.1) is 5.82 Å². The molecule has 0 spiro atoms. The Bertz CT molecular complexity index is 1860. The number of aromatic nitrogens is 3. The number of nitrogens with zero attached hydrogens (tertiary/aromatic N) is 5. The number of likely N-dealkylation sites (tertiary alicyclic amines) is 1. The number of benzene rings is 2. The topological polar surface area (TPSA) is 133 Å². The van der Waals surface area contributed by atoms with Crippen LogP contribution in [0.3, 0.4) is 0 Å². The third-order valence-corrected chi connectivity index (χ3v) is 10.9. The molecule has 0 radical (unpaired) electrons. The number of likely N-dealkylation sites (N-methyl/N-ethyl adjacent to an activating group) is 1. The number of rotatable bonds is 15. The smallest absolute Gasteiger partial charge is 0.319 e. The third-order valence-electron chi connectivity index (χ3n) is 10.9. The van der Waals surface area contributed by atoms with Crippen molar-refractivity contribution < 1.29 is 28.9 Å². The molecule has 274 valence electrons.